The molecule has 0 bridgehead atoms. The van der Waals surface area contributed by atoms with Gasteiger partial charge in [-0.25, -0.2) is 4.39 Å². The maximum absolute atomic E-state index is 14.2. The van der Waals surface area contributed by atoms with Crippen LogP contribution in [0.3, 0.4) is 0 Å². The Balaban J connectivity index is 1.73. The first-order valence-electron chi connectivity index (χ1n) is 7.37. The van der Waals surface area contributed by atoms with E-state index in [-0.39, 0.29) is 29.1 Å². The van der Waals surface area contributed by atoms with E-state index in [0.717, 1.165) is 6.07 Å². The van der Waals surface area contributed by atoms with E-state index in [1.807, 2.05) is 0 Å². The van der Waals surface area contributed by atoms with Crippen LogP contribution in [0.2, 0.25) is 0 Å². The SMILES string of the molecule is CC(=O)N1CC[C@@H](Oc2ccc(-c3noc(C(F)(F)F)n3)cc2F)C1. The van der Waals surface area contributed by atoms with Gasteiger partial charge in [0.15, 0.2) is 11.6 Å². The van der Waals surface area contributed by atoms with Crippen LogP contribution in [0.1, 0.15) is 19.2 Å². The molecule has 1 aliphatic heterocycles. The van der Waals surface area contributed by atoms with Gasteiger partial charge in [-0.05, 0) is 18.2 Å². The first-order chi connectivity index (χ1) is 11.7. The van der Waals surface area contributed by atoms with Gasteiger partial charge in [0.2, 0.25) is 11.7 Å². The van der Waals surface area contributed by atoms with Crippen molar-refractivity contribution in [3.8, 4) is 17.1 Å². The third-order valence-corrected chi connectivity index (χ3v) is 3.74. The van der Waals surface area contributed by atoms with Crippen LogP contribution in [0.25, 0.3) is 11.4 Å². The van der Waals surface area contributed by atoms with Crippen molar-refractivity contribution in [3.63, 3.8) is 0 Å². The number of halogens is 4. The zero-order valence-corrected chi connectivity index (χ0v) is 13.0. The van der Waals surface area contributed by atoms with E-state index in [2.05, 4.69) is 14.7 Å². The minimum absolute atomic E-state index is 0.0286. The molecule has 1 fully saturated rings. The molecule has 2 heterocycles. The van der Waals surface area contributed by atoms with Crippen LogP contribution >= 0.6 is 0 Å². The number of aromatic nitrogens is 2. The molecule has 0 radical (unpaired) electrons. The normalized spacial score (nSPS) is 17.8. The van der Waals surface area contributed by atoms with E-state index in [1.54, 1.807) is 4.90 Å². The van der Waals surface area contributed by atoms with Gasteiger partial charge in [-0.2, -0.15) is 18.2 Å². The highest BCUT2D eigenvalue weighted by atomic mass is 19.4. The van der Waals surface area contributed by atoms with Crippen molar-refractivity contribution in [1.82, 2.24) is 15.0 Å². The summed E-state index contributed by atoms with van der Waals surface area (Å²) in [7, 11) is 0. The van der Waals surface area contributed by atoms with Crippen LogP contribution in [0.5, 0.6) is 5.75 Å². The van der Waals surface area contributed by atoms with E-state index >= 15 is 0 Å². The Labute approximate surface area is 139 Å². The molecule has 1 aromatic carbocycles. The van der Waals surface area contributed by atoms with Gasteiger partial charge >= 0.3 is 12.1 Å². The second kappa shape index (κ2) is 6.34. The Hall–Kier alpha value is -2.65. The summed E-state index contributed by atoms with van der Waals surface area (Å²) in [6, 6.07) is 3.59. The molecule has 0 aliphatic carbocycles. The topological polar surface area (TPSA) is 68.5 Å². The monoisotopic (exact) mass is 359 g/mol. The minimum Gasteiger partial charge on any atom is -0.485 e. The number of likely N-dealkylation sites (tertiary alicyclic amines) is 1. The van der Waals surface area contributed by atoms with E-state index in [0.29, 0.717) is 19.5 Å². The first-order valence-corrected chi connectivity index (χ1v) is 7.37. The summed E-state index contributed by atoms with van der Waals surface area (Å²) >= 11 is 0. The molecule has 0 N–H and O–H groups in total. The highest BCUT2D eigenvalue weighted by molar-refractivity contribution is 5.73. The zero-order valence-electron chi connectivity index (χ0n) is 13.0. The van der Waals surface area contributed by atoms with Gasteiger partial charge in [-0.15, -0.1) is 0 Å². The number of carbonyl (C=O) groups excluding carboxylic acids is 1. The molecule has 0 unspecified atom stereocenters. The molecule has 25 heavy (non-hydrogen) atoms. The second-order valence-corrected chi connectivity index (χ2v) is 5.56. The number of carbonyl (C=O) groups is 1. The smallest absolute Gasteiger partial charge is 0.471 e. The predicted molar refractivity (Wildman–Crippen MR) is 76.0 cm³/mol. The third-order valence-electron chi connectivity index (χ3n) is 3.74. The Morgan fingerprint density at radius 1 is 1.40 bits per heavy atom. The Bertz CT molecular complexity index is 791. The maximum atomic E-state index is 14.2. The number of rotatable bonds is 3. The standard InChI is InChI=1S/C15H13F4N3O3/c1-8(23)22-5-4-10(7-22)24-12-3-2-9(6-11(12)16)13-20-14(25-21-13)15(17,18)19/h2-3,6,10H,4-5,7H2,1H3/t10-/m1/s1. The molecule has 2 aromatic rings. The van der Waals surface area contributed by atoms with Crippen LogP contribution in [0.15, 0.2) is 22.7 Å². The van der Waals surface area contributed by atoms with Crippen molar-refractivity contribution in [2.45, 2.75) is 25.6 Å². The van der Waals surface area contributed by atoms with Crippen molar-refractivity contribution in [2.75, 3.05) is 13.1 Å². The van der Waals surface area contributed by atoms with E-state index in [4.69, 9.17) is 4.74 Å². The van der Waals surface area contributed by atoms with Crippen molar-refractivity contribution >= 4 is 5.91 Å². The van der Waals surface area contributed by atoms with Crippen molar-refractivity contribution in [1.29, 1.82) is 0 Å². The molecule has 1 saturated heterocycles. The van der Waals surface area contributed by atoms with Gasteiger partial charge in [-0.1, -0.05) is 5.16 Å². The van der Waals surface area contributed by atoms with Crippen molar-refractivity contribution in [2.24, 2.45) is 0 Å². The Morgan fingerprint density at radius 3 is 2.72 bits per heavy atom. The lowest BCUT2D eigenvalue weighted by Gasteiger charge is -2.16. The predicted octanol–water partition coefficient (Wildman–Crippen LogP) is 2.89. The molecular formula is C15H13F4N3O3. The summed E-state index contributed by atoms with van der Waals surface area (Å²) in [4.78, 5) is 16.1. The lowest BCUT2D eigenvalue weighted by molar-refractivity contribution is -0.159. The van der Waals surface area contributed by atoms with E-state index < -0.39 is 17.9 Å². The lowest BCUT2D eigenvalue weighted by atomic mass is 10.2. The summed E-state index contributed by atoms with van der Waals surface area (Å²) in [6.45, 7) is 2.33. The van der Waals surface area contributed by atoms with Crippen molar-refractivity contribution in [3.05, 3.63) is 29.9 Å². The maximum Gasteiger partial charge on any atom is 0.471 e. The molecule has 134 valence electrons. The Morgan fingerprint density at radius 2 is 2.16 bits per heavy atom. The van der Waals surface area contributed by atoms with Gasteiger partial charge in [0.25, 0.3) is 0 Å². The molecular weight excluding hydrogens is 346 g/mol. The van der Waals surface area contributed by atoms with Crippen LogP contribution in [0, 0.1) is 5.82 Å². The molecule has 0 spiro atoms. The number of nitrogens with zero attached hydrogens (tertiary/aromatic N) is 3. The molecule has 1 aromatic heterocycles. The van der Waals surface area contributed by atoms with Crippen LogP contribution in [-0.4, -0.2) is 40.1 Å². The van der Waals surface area contributed by atoms with Gasteiger partial charge in [0, 0.05) is 25.5 Å². The molecule has 10 heteroatoms. The van der Waals surface area contributed by atoms with E-state index in [9.17, 15) is 22.4 Å². The number of amides is 1. The number of hydrogen-bond acceptors (Lipinski definition) is 5. The highest BCUT2D eigenvalue weighted by Gasteiger charge is 2.38. The third kappa shape index (κ3) is 3.72. The highest BCUT2D eigenvalue weighted by Crippen LogP contribution is 2.31. The first kappa shape index (κ1) is 17.2. The summed E-state index contributed by atoms with van der Waals surface area (Å²) in [5.74, 6) is -2.78. The van der Waals surface area contributed by atoms with Crippen LogP contribution in [-0.2, 0) is 11.0 Å². The van der Waals surface area contributed by atoms with Crippen molar-refractivity contribution < 1.29 is 31.6 Å². The van der Waals surface area contributed by atoms with E-state index in [1.165, 1.54) is 19.1 Å². The average Bonchev–Trinajstić information content (AvgIpc) is 3.18. The number of ether oxygens (including phenoxy) is 1. The van der Waals surface area contributed by atoms with Crippen LogP contribution < -0.4 is 4.74 Å². The molecule has 1 aliphatic rings. The number of benzene rings is 1. The fourth-order valence-corrected chi connectivity index (χ4v) is 2.48. The summed E-state index contributed by atoms with van der Waals surface area (Å²) in [6.07, 6.45) is -4.54. The Kier molecular flexibility index (Phi) is 4.36. The molecule has 3 rings (SSSR count). The van der Waals surface area contributed by atoms with Gasteiger partial charge in [0.1, 0.15) is 6.10 Å². The largest absolute Gasteiger partial charge is 0.485 e. The zero-order chi connectivity index (χ0) is 18.2. The quantitative estimate of drug-likeness (QED) is 0.789. The average molecular weight is 359 g/mol. The summed E-state index contributed by atoms with van der Waals surface area (Å²) < 4.78 is 61.2. The summed E-state index contributed by atoms with van der Waals surface area (Å²) in [5, 5.41) is 3.20. The molecule has 6 nitrogen and oxygen atoms in total. The fraction of sp³-hybridized carbons (Fsp3) is 0.400. The molecule has 0 saturated carbocycles. The van der Waals surface area contributed by atoms with Gasteiger partial charge < -0.3 is 14.2 Å². The van der Waals surface area contributed by atoms with Crippen LogP contribution in [0.4, 0.5) is 17.6 Å². The fourth-order valence-electron chi connectivity index (χ4n) is 2.48. The number of alkyl halides is 3. The van der Waals surface area contributed by atoms with Gasteiger partial charge in [-0.3, -0.25) is 4.79 Å². The lowest BCUT2D eigenvalue weighted by Crippen LogP contribution is -2.28. The van der Waals surface area contributed by atoms with Gasteiger partial charge in [0.05, 0.1) is 6.54 Å². The summed E-state index contributed by atoms with van der Waals surface area (Å²) in [5.41, 5.74) is 0.0286. The minimum atomic E-state index is -4.77. The molecule has 1 amide bonds. The second-order valence-electron chi connectivity index (χ2n) is 5.56. The number of hydrogen-bond donors (Lipinski definition) is 0. The molecule has 1 atom stereocenters.